The zero-order valence-corrected chi connectivity index (χ0v) is 15.0. The summed E-state index contributed by atoms with van der Waals surface area (Å²) in [6.45, 7) is 12.6. The molecule has 0 saturated carbocycles. The molecule has 0 aliphatic carbocycles. The maximum atomic E-state index is 5.79. The van der Waals surface area contributed by atoms with Crippen molar-refractivity contribution in [3.63, 3.8) is 0 Å². The van der Waals surface area contributed by atoms with E-state index in [0.717, 1.165) is 5.69 Å². The van der Waals surface area contributed by atoms with Gasteiger partial charge < -0.3 is 27.9 Å². The predicted octanol–water partition coefficient (Wildman–Crippen LogP) is 0.648. The topological polar surface area (TPSA) is 38.0 Å². The molecule has 1 aromatic carbocycles. The van der Waals surface area contributed by atoms with Crippen molar-refractivity contribution in [2.75, 3.05) is 37.7 Å². The monoisotopic (exact) mass is 313 g/mol. The maximum Gasteiger partial charge on any atom is 0.0785 e. The molecule has 3 N–H and O–H groups in total. The minimum Gasteiger partial charge on any atom is -1.00 e. The Labute approximate surface area is 136 Å². The van der Waals surface area contributed by atoms with E-state index < -0.39 is 0 Å². The minimum absolute atomic E-state index is 0. The van der Waals surface area contributed by atoms with E-state index in [9.17, 15) is 0 Å². The fourth-order valence-corrected chi connectivity index (χ4v) is 2.51. The number of benzene rings is 1. The molecule has 0 amide bonds. The maximum absolute atomic E-state index is 5.79. The van der Waals surface area contributed by atoms with E-state index in [1.54, 1.807) is 0 Å². The highest BCUT2D eigenvalue weighted by Crippen LogP contribution is 2.19. The number of hydrogen-bond acceptors (Lipinski definition) is 2. The first kappa shape index (κ1) is 20.1. The van der Waals surface area contributed by atoms with Crippen molar-refractivity contribution in [3.8, 4) is 0 Å². The summed E-state index contributed by atoms with van der Waals surface area (Å²) in [4.78, 5) is 0. The molecule has 0 radical (unpaired) electrons. The van der Waals surface area contributed by atoms with E-state index in [4.69, 9.17) is 5.73 Å². The van der Waals surface area contributed by atoms with Crippen molar-refractivity contribution in [2.24, 2.45) is 0 Å². The van der Waals surface area contributed by atoms with Gasteiger partial charge in [0.1, 0.15) is 0 Å². The number of halogens is 1. The molecule has 0 fully saturated rings. The second kappa shape index (κ2) is 9.16. The molecule has 0 heterocycles. The minimum atomic E-state index is 0. The molecule has 4 heteroatoms. The van der Waals surface area contributed by atoms with Crippen LogP contribution in [0.1, 0.15) is 39.2 Å². The Balaban J connectivity index is 0.00000400. The van der Waals surface area contributed by atoms with Crippen molar-refractivity contribution < 1.29 is 16.9 Å². The van der Waals surface area contributed by atoms with Crippen LogP contribution in [0.2, 0.25) is 0 Å². The number of nitrogen functional groups attached to an aromatic ring is 1. The van der Waals surface area contributed by atoms with E-state index in [-0.39, 0.29) is 12.4 Å². The Morgan fingerprint density at radius 3 is 2.38 bits per heavy atom. The van der Waals surface area contributed by atoms with Gasteiger partial charge in [0, 0.05) is 17.4 Å². The summed E-state index contributed by atoms with van der Waals surface area (Å²) in [6.07, 6.45) is 2.47. The molecule has 0 aliphatic heterocycles. The van der Waals surface area contributed by atoms with Crippen LogP contribution in [-0.2, 0) is 0 Å². The summed E-state index contributed by atoms with van der Waals surface area (Å²) in [7, 11) is 2.35. The van der Waals surface area contributed by atoms with E-state index in [1.165, 1.54) is 48.2 Å². The number of quaternary nitrogens is 1. The fraction of sp³-hybridized carbons (Fsp3) is 0.647. The number of aryl methyl sites for hydroxylation is 1. The van der Waals surface area contributed by atoms with E-state index >= 15 is 0 Å². The lowest BCUT2D eigenvalue weighted by molar-refractivity contribution is -0.906. The van der Waals surface area contributed by atoms with E-state index in [1.807, 2.05) is 12.1 Å². The van der Waals surface area contributed by atoms with Crippen molar-refractivity contribution in [2.45, 2.75) is 46.6 Å². The van der Waals surface area contributed by atoms with Gasteiger partial charge in [-0.2, -0.15) is 0 Å². The van der Waals surface area contributed by atoms with Crippen LogP contribution in [0.5, 0.6) is 0 Å². The van der Waals surface area contributed by atoms with Crippen LogP contribution in [0.4, 0.5) is 11.4 Å². The lowest BCUT2D eigenvalue weighted by atomic mass is 10.1. The molecular formula is C17H32ClN3. The summed E-state index contributed by atoms with van der Waals surface area (Å²) in [5.41, 5.74) is 9.05. The first-order valence-electron chi connectivity index (χ1n) is 7.86. The van der Waals surface area contributed by atoms with Crippen molar-refractivity contribution >= 4 is 11.4 Å². The number of rotatable bonds is 8. The summed E-state index contributed by atoms with van der Waals surface area (Å²) in [5, 5.41) is 3.60. The average Bonchev–Trinajstić information content (AvgIpc) is 2.42. The Kier molecular flexibility index (Phi) is 8.76. The van der Waals surface area contributed by atoms with Gasteiger partial charge in [-0.1, -0.05) is 0 Å². The molecule has 1 unspecified atom stereocenters. The molecule has 0 saturated heterocycles. The van der Waals surface area contributed by atoms with Crippen LogP contribution < -0.4 is 23.5 Å². The zero-order valence-electron chi connectivity index (χ0n) is 14.2. The van der Waals surface area contributed by atoms with Crippen LogP contribution >= 0.6 is 0 Å². The highest BCUT2D eigenvalue weighted by Gasteiger charge is 2.16. The number of hydrogen-bond donors (Lipinski definition) is 2. The molecule has 1 rings (SSSR count). The third-order valence-electron chi connectivity index (χ3n) is 4.51. The van der Waals surface area contributed by atoms with Crippen LogP contribution in [0.25, 0.3) is 0 Å². The van der Waals surface area contributed by atoms with Crippen LogP contribution in [0.15, 0.2) is 18.2 Å². The predicted molar refractivity (Wildman–Crippen MR) is 90.0 cm³/mol. The molecule has 122 valence electrons. The van der Waals surface area contributed by atoms with Gasteiger partial charge in [0.05, 0.1) is 26.7 Å². The van der Waals surface area contributed by atoms with Gasteiger partial charge in [0.15, 0.2) is 0 Å². The molecule has 0 bridgehead atoms. The Morgan fingerprint density at radius 2 is 1.86 bits per heavy atom. The van der Waals surface area contributed by atoms with Crippen molar-refractivity contribution in [1.29, 1.82) is 0 Å². The molecule has 1 aromatic rings. The van der Waals surface area contributed by atoms with Gasteiger partial charge in [0.2, 0.25) is 0 Å². The molecular weight excluding hydrogens is 282 g/mol. The Morgan fingerprint density at radius 1 is 1.24 bits per heavy atom. The molecule has 0 aromatic heterocycles. The molecule has 0 aliphatic rings. The first-order chi connectivity index (χ1) is 9.40. The highest BCUT2D eigenvalue weighted by atomic mass is 35.5. The largest absolute Gasteiger partial charge is 1.00 e. The van der Waals surface area contributed by atoms with E-state index in [2.05, 4.69) is 46.1 Å². The second-order valence-electron chi connectivity index (χ2n) is 6.24. The smallest absolute Gasteiger partial charge is 0.0785 e. The van der Waals surface area contributed by atoms with Crippen LogP contribution in [-0.4, -0.2) is 37.2 Å². The third kappa shape index (κ3) is 6.58. The standard InChI is InChI=1S/C17H32N3.ClH/c1-6-20(5,7-2)12-8-9-15(4)19-17-11-10-16(18)13-14(17)3;/h10-11,13,15,19H,6-9,12,18H2,1-5H3;1H/q+1;/p-1. The molecule has 21 heavy (non-hydrogen) atoms. The van der Waals surface area contributed by atoms with Gasteiger partial charge in [-0.25, -0.2) is 0 Å². The Hall–Kier alpha value is -0.930. The van der Waals surface area contributed by atoms with Crippen LogP contribution in [0, 0.1) is 6.92 Å². The fourth-order valence-electron chi connectivity index (χ4n) is 2.51. The number of anilines is 2. The van der Waals surface area contributed by atoms with Crippen molar-refractivity contribution in [1.82, 2.24) is 0 Å². The normalized spacial score (nSPS) is 12.6. The second-order valence-corrected chi connectivity index (χ2v) is 6.24. The number of nitrogens with one attached hydrogen (secondary N) is 1. The summed E-state index contributed by atoms with van der Waals surface area (Å²) in [6, 6.07) is 6.57. The van der Waals surface area contributed by atoms with E-state index in [0.29, 0.717) is 6.04 Å². The molecule has 0 spiro atoms. The van der Waals surface area contributed by atoms with Gasteiger partial charge in [-0.15, -0.1) is 0 Å². The molecule has 1 atom stereocenters. The van der Waals surface area contributed by atoms with Gasteiger partial charge in [-0.3, -0.25) is 0 Å². The summed E-state index contributed by atoms with van der Waals surface area (Å²) in [5.74, 6) is 0. The van der Waals surface area contributed by atoms with Gasteiger partial charge in [0.25, 0.3) is 0 Å². The highest BCUT2D eigenvalue weighted by molar-refractivity contribution is 5.57. The lowest BCUT2D eigenvalue weighted by Gasteiger charge is -2.32. The lowest BCUT2D eigenvalue weighted by Crippen LogP contribution is -3.00. The van der Waals surface area contributed by atoms with Crippen LogP contribution in [0.3, 0.4) is 0 Å². The average molecular weight is 314 g/mol. The first-order valence-corrected chi connectivity index (χ1v) is 7.86. The zero-order chi connectivity index (χ0) is 15.2. The SMILES string of the molecule is CC[N+](C)(CC)CCCC(C)Nc1ccc(N)cc1C.[Cl-]. The Bertz CT molecular complexity index is 416. The number of nitrogens with zero attached hydrogens (tertiary/aromatic N) is 1. The molecule has 3 nitrogen and oxygen atoms in total. The number of nitrogens with two attached hydrogens (primary N) is 1. The van der Waals surface area contributed by atoms with Crippen molar-refractivity contribution in [3.05, 3.63) is 23.8 Å². The summed E-state index contributed by atoms with van der Waals surface area (Å²) < 4.78 is 1.17. The van der Waals surface area contributed by atoms with Gasteiger partial charge in [-0.05, 0) is 64.3 Å². The quantitative estimate of drug-likeness (QED) is 0.546. The summed E-state index contributed by atoms with van der Waals surface area (Å²) >= 11 is 0. The third-order valence-corrected chi connectivity index (χ3v) is 4.51. The van der Waals surface area contributed by atoms with Gasteiger partial charge >= 0.3 is 0 Å².